The molecule has 0 spiro atoms. The molecule has 0 aliphatic carbocycles. The molecule has 0 aliphatic heterocycles. The zero-order valence-corrected chi connectivity index (χ0v) is 12.8. The molecule has 0 radical (unpaired) electrons. The Hall–Kier alpha value is -1.75. The summed E-state index contributed by atoms with van der Waals surface area (Å²) >= 11 is 2.14. The van der Waals surface area contributed by atoms with Crippen molar-refractivity contribution in [2.45, 2.75) is 12.8 Å². The summed E-state index contributed by atoms with van der Waals surface area (Å²) < 4.78 is 45.1. The fourth-order valence-corrected chi connectivity index (χ4v) is 2.05. The summed E-state index contributed by atoms with van der Waals surface area (Å²) in [5.41, 5.74) is -0.219. The van der Waals surface area contributed by atoms with Crippen LogP contribution < -0.4 is 4.74 Å². The lowest BCUT2D eigenvalue weighted by Crippen LogP contribution is -2.09. The van der Waals surface area contributed by atoms with Crippen molar-refractivity contribution in [2.24, 2.45) is 0 Å². The Bertz CT molecular complexity index is 675. The van der Waals surface area contributed by atoms with Crippen LogP contribution in [-0.4, -0.2) is 0 Å². The Morgan fingerprint density at radius 2 is 1.76 bits per heavy atom. The van der Waals surface area contributed by atoms with Crippen molar-refractivity contribution in [3.05, 3.63) is 62.7 Å². The van der Waals surface area contributed by atoms with Gasteiger partial charge in [0, 0.05) is 3.57 Å². The molecule has 108 valence electrons. The van der Waals surface area contributed by atoms with E-state index in [0.29, 0.717) is 0 Å². The molecule has 0 aliphatic rings. The van der Waals surface area contributed by atoms with Crippen molar-refractivity contribution in [3.63, 3.8) is 0 Å². The SMILES string of the molecule is N#Cc1ccc(OCc2ccc(I)cc2)c(C(F)(F)F)c1. The molecule has 2 rings (SSSR count). The van der Waals surface area contributed by atoms with Gasteiger partial charge in [-0.3, -0.25) is 0 Å². The standard InChI is InChI=1S/C15H9F3INO/c16-15(17,18)13-7-11(8-20)3-6-14(13)21-9-10-1-4-12(19)5-2-10/h1-7H,9H2. The number of hydrogen-bond acceptors (Lipinski definition) is 2. The highest BCUT2D eigenvalue weighted by molar-refractivity contribution is 14.1. The van der Waals surface area contributed by atoms with E-state index in [-0.39, 0.29) is 17.9 Å². The van der Waals surface area contributed by atoms with Crippen molar-refractivity contribution in [2.75, 3.05) is 0 Å². The van der Waals surface area contributed by atoms with Crippen LogP contribution in [0.2, 0.25) is 0 Å². The maximum absolute atomic E-state index is 13.0. The molecule has 0 saturated carbocycles. The van der Waals surface area contributed by atoms with E-state index in [0.717, 1.165) is 15.2 Å². The average molecular weight is 403 g/mol. The van der Waals surface area contributed by atoms with Crippen LogP contribution in [0, 0.1) is 14.9 Å². The van der Waals surface area contributed by atoms with Gasteiger partial charge in [0.25, 0.3) is 0 Å². The lowest BCUT2D eigenvalue weighted by atomic mass is 10.1. The van der Waals surface area contributed by atoms with Crippen LogP contribution in [0.15, 0.2) is 42.5 Å². The third-order valence-corrected chi connectivity index (χ3v) is 3.44. The van der Waals surface area contributed by atoms with Crippen molar-refractivity contribution >= 4 is 22.6 Å². The van der Waals surface area contributed by atoms with E-state index in [2.05, 4.69) is 22.6 Å². The van der Waals surface area contributed by atoms with Crippen LogP contribution in [0.4, 0.5) is 13.2 Å². The summed E-state index contributed by atoms with van der Waals surface area (Å²) in [6.07, 6.45) is -4.56. The van der Waals surface area contributed by atoms with Gasteiger partial charge in [0.2, 0.25) is 0 Å². The van der Waals surface area contributed by atoms with Crippen molar-refractivity contribution < 1.29 is 17.9 Å². The molecular weight excluding hydrogens is 394 g/mol. The summed E-state index contributed by atoms with van der Waals surface area (Å²) in [6.45, 7) is 0.0336. The Kier molecular flexibility index (Phi) is 4.73. The second-order valence-electron chi connectivity index (χ2n) is 4.24. The molecule has 0 fully saturated rings. The van der Waals surface area contributed by atoms with Gasteiger partial charge < -0.3 is 4.74 Å². The molecule has 0 N–H and O–H groups in total. The number of nitrogens with zero attached hydrogens (tertiary/aromatic N) is 1. The molecule has 0 bridgehead atoms. The predicted octanol–water partition coefficient (Wildman–Crippen LogP) is 4.76. The number of hydrogen-bond donors (Lipinski definition) is 0. The Morgan fingerprint density at radius 3 is 2.33 bits per heavy atom. The molecule has 0 aromatic heterocycles. The Balaban J connectivity index is 2.23. The zero-order chi connectivity index (χ0) is 15.5. The molecule has 2 nitrogen and oxygen atoms in total. The van der Waals surface area contributed by atoms with Crippen LogP contribution >= 0.6 is 22.6 Å². The van der Waals surface area contributed by atoms with Gasteiger partial charge >= 0.3 is 6.18 Å². The van der Waals surface area contributed by atoms with E-state index >= 15 is 0 Å². The quantitative estimate of drug-likeness (QED) is 0.693. The first-order chi connectivity index (χ1) is 9.90. The summed E-state index contributed by atoms with van der Waals surface area (Å²) in [4.78, 5) is 0. The fourth-order valence-electron chi connectivity index (χ4n) is 1.69. The second-order valence-corrected chi connectivity index (χ2v) is 5.48. The van der Waals surface area contributed by atoms with Crippen molar-refractivity contribution in [3.8, 4) is 11.8 Å². The third kappa shape index (κ3) is 4.11. The number of alkyl halides is 3. The monoisotopic (exact) mass is 403 g/mol. The number of rotatable bonds is 3. The third-order valence-electron chi connectivity index (χ3n) is 2.72. The number of benzene rings is 2. The van der Waals surface area contributed by atoms with Crippen LogP contribution in [-0.2, 0) is 12.8 Å². The highest BCUT2D eigenvalue weighted by atomic mass is 127. The normalized spacial score (nSPS) is 11.0. The van der Waals surface area contributed by atoms with E-state index in [1.807, 2.05) is 12.1 Å². The highest BCUT2D eigenvalue weighted by Gasteiger charge is 2.34. The minimum Gasteiger partial charge on any atom is -0.488 e. The summed E-state index contributed by atoms with van der Waals surface area (Å²) in [6, 6.07) is 12.2. The van der Waals surface area contributed by atoms with E-state index < -0.39 is 11.7 Å². The molecule has 0 heterocycles. The van der Waals surface area contributed by atoms with E-state index in [9.17, 15) is 13.2 Å². The zero-order valence-electron chi connectivity index (χ0n) is 10.6. The summed E-state index contributed by atoms with van der Waals surface area (Å²) in [7, 11) is 0. The lowest BCUT2D eigenvalue weighted by molar-refractivity contribution is -0.139. The van der Waals surface area contributed by atoms with Gasteiger partial charge in [-0.25, -0.2) is 0 Å². The molecule has 0 saturated heterocycles. The highest BCUT2D eigenvalue weighted by Crippen LogP contribution is 2.37. The van der Waals surface area contributed by atoms with Gasteiger partial charge in [0.1, 0.15) is 12.4 Å². The first-order valence-corrected chi connectivity index (χ1v) is 6.96. The van der Waals surface area contributed by atoms with Crippen molar-refractivity contribution in [1.82, 2.24) is 0 Å². The molecule has 0 unspecified atom stereocenters. The van der Waals surface area contributed by atoms with Crippen LogP contribution in [0.3, 0.4) is 0 Å². The minimum absolute atomic E-state index is 0.0336. The lowest BCUT2D eigenvalue weighted by Gasteiger charge is -2.14. The van der Waals surface area contributed by atoms with Gasteiger partial charge in [-0.15, -0.1) is 0 Å². The van der Waals surface area contributed by atoms with Crippen LogP contribution in [0.5, 0.6) is 5.75 Å². The van der Waals surface area contributed by atoms with E-state index in [1.165, 1.54) is 12.1 Å². The van der Waals surface area contributed by atoms with Gasteiger partial charge in [0.15, 0.2) is 0 Å². The number of nitriles is 1. The molecule has 21 heavy (non-hydrogen) atoms. The first-order valence-electron chi connectivity index (χ1n) is 5.89. The average Bonchev–Trinajstić information content (AvgIpc) is 2.45. The van der Waals surface area contributed by atoms with Gasteiger partial charge in [-0.1, -0.05) is 12.1 Å². The van der Waals surface area contributed by atoms with Gasteiger partial charge in [-0.05, 0) is 58.5 Å². The second kappa shape index (κ2) is 6.35. The molecule has 2 aromatic rings. The van der Waals surface area contributed by atoms with Gasteiger partial charge in [0.05, 0.1) is 17.2 Å². The Labute approximate surface area is 133 Å². The molecular formula is C15H9F3INO. The summed E-state index contributed by atoms with van der Waals surface area (Å²) in [5.74, 6) is -0.278. The minimum atomic E-state index is -4.56. The van der Waals surface area contributed by atoms with E-state index in [1.54, 1.807) is 18.2 Å². The maximum Gasteiger partial charge on any atom is 0.420 e. The summed E-state index contributed by atoms with van der Waals surface area (Å²) in [5, 5.41) is 8.69. The topological polar surface area (TPSA) is 33.0 Å². The maximum atomic E-state index is 13.0. The number of halogens is 4. The fraction of sp³-hybridized carbons (Fsp3) is 0.133. The van der Waals surface area contributed by atoms with Gasteiger partial charge in [-0.2, -0.15) is 18.4 Å². The predicted molar refractivity (Wildman–Crippen MR) is 79.7 cm³/mol. The Morgan fingerprint density at radius 1 is 1.10 bits per heavy atom. The first kappa shape index (κ1) is 15.6. The number of ether oxygens (including phenoxy) is 1. The molecule has 2 aromatic carbocycles. The van der Waals surface area contributed by atoms with E-state index in [4.69, 9.17) is 10.00 Å². The molecule has 0 amide bonds. The smallest absolute Gasteiger partial charge is 0.420 e. The largest absolute Gasteiger partial charge is 0.488 e. The van der Waals surface area contributed by atoms with Crippen LogP contribution in [0.1, 0.15) is 16.7 Å². The molecule has 6 heteroatoms. The van der Waals surface area contributed by atoms with Crippen LogP contribution in [0.25, 0.3) is 0 Å². The van der Waals surface area contributed by atoms with Crippen molar-refractivity contribution in [1.29, 1.82) is 5.26 Å². The molecule has 0 atom stereocenters.